The molecule has 2 aromatic carbocycles. The highest BCUT2D eigenvalue weighted by atomic mass is 79.9. The summed E-state index contributed by atoms with van der Waals surface area (Å²) >= 11 is 7.11. The first-order valence-corrected chi connectivity index (χ1v) is 9.59. The van der Waals surface area contributed by atoms with E-state index in [2.05, 4.69) is 54.6 Å². The van der Waals surface area contributed by atoms with Crippen molar-refractivity contribution in [3.8, 4) is 5.75 Å². The van der Waals surface area contributed by atoms with Crippen LogP contribution in [0.25, 0.3) is 5.70 Å². The lowest BCUT2D eigenvalue weighted by molar-refractivity contribution is 0.240. The van der Waals surface area contributed by atoms with Crippen LogP contribution in [-0.4, -0.2) is 13.1 Å². The summed E-state index contributed by atoms with van der Waals surface area (Å²) in [6, 6.07) is 11.9. The molecule has 128 valence electrons. The monoisotopic (exact) mass is 462 g/mol. The summed E-state index contributed by atoms with van der Waals surface area (Å²) in [5, 5.41) is 6.07. The van der Waals surface area contributed by atoms with Gasteiger partial charge in [0.2, 0.25) is 0 Å². The molecule has 1 atom stereocenters. The molecule has 6 heteroatoms. The quantitative estimate of drug-likeness (QED) is 0.663. The largest absolute Gasteiger partial charge is 0.494 e. The van der Waals surface area contributed by atoms with Crippen molar-refractivity contribution in [3.63, 3.8) is 0 Å². The number of benzene rings is 2. The van der Waals surface area contributed by atoms with E-state index in [0.29, 0.717) is 0 Å². The van der Waals surface area contributed by atoms with E-state index in [1.165, 1.54) is 11.1 Å². The molecule has 1 unspecified atom stereocenters. The third-order valence-corrected chi connectivity index (χ3v) is 5.87. The molecule has 2 aliphatic rings. The fourth-order valence-corrected chi connectivity index (χ4v) is 5.12. The fraction of sp³-hybridized carbons (Fsp3) is 0.211. The number of hydrogen-bond acceptors (Lipinski definition) is 2. The Kier molecular flexibility index (Phi) is 4.33. The molecule has 0 spiro atoms. The number of nitrogens with one attached hydrogen (secondary N) is 2. The van der Waals surface area contributed by atoms with Gasteiger partial charge in [0, 0.05) is 5.56 Å². The SMILES string of the molecule is COc1c(Br)cc(C2NC(=O)NC3=C2CCc2ccccc23)cc1Br. The van der Waals surface area contributed by atoms with Gasteiger partial charge in [-0.15, -0.1) is 0 Å². The van der Waals surface area contributed by atoms with Gasteiger partial charge in [-0.25, -0.2) is 4.79 Å². The zero-order valence-corrected chi connectivity index (χ0v) is 16.7. The number of halogens is 2. The molecule has 2 N–H and O–H groups in total. The number of fused-ring (bicyclic) bond motifs is 2. The molecule has 0 aromatic heterocycles. The third kappa shape index (κ3) is 2.87. The summed E-state index contributed by atoms with van der Waals surface area (Å²) in [5.41, 5.74) is 5.57. The van der Waals surface area contributed by atoms with Crippen LogP contribution in [0.15, 0.2) is 50.9 Å². The smallest absolute Gasteiger partial charge is 0.319 e. The van der Waals surface area contributed by atoms with Crippen molar-refractivity contribution < 1.29 is 9.53 Å². The molecule has 4 nitrogen and oxygen atoms in total. The maximum Gasteiger partial charge on any atom is 0.319 e. The van der Waals surface area contributed by atoms with E-state index in [0.717, 1.165) is 44.4 Å². The standard InChI is InChI=1S/C19H16Br2N2O2/c1-25-18-14(20)8-11(9-15(18)21)16-13-7-6-10-4-2-3-5-12(10)17(13)23-19(24)22-16/h2-5,8-9,16H,6-7H2,1H3,(H2,22,23,24). The molecule has 0 saturated carbocycles. The topological polar surface area (TPSA) is 50.4 Å². The Hall–Kier alpha value is -1.79. The van der Waals surface area contributed by atoms with Crippen molar-refractivity contribution in [1.82, 2.24) is 10.6 Å². The number of urea groups is 1. The maximum atomic E-state index is 12.3. The zero-order valence-electron chi connectivity index (χ0n) is 13.5. The van der Waals surface area contributed by atoms with Gasteiger partial charge < -0.3 is 15.4 Å². The van der Waals surface area contributed by atoms with Gasteiger partial charge in [0.05, 0.1) is 27.8 Å². The Bertz CT molecular complexity index is 885. The Morgan fingerprint density at radius 2 is 1.84 bits per heavy atom. The zero-order chi connectivity index (χ0) is 17.6. The summed E-state index contributed by atoms with van der Waals surface area (Å²) in [6.07, 6.45) is 1.88. The Morgan fingerprint density at radius 1 is 1.12 bits per heavy atom. The molecule has 1 heterocycles. The lowest BCUT2D eigenvalue weighted by Crippen LogP contribution is -2.44. The van der Waals surface area contributed by atoms with Crippen LogP contribution >= 0.6 is 31.9 Å². The second-order valence-corrected chi connectivity index (χ2v) is 7.82. The van der Waals surface area contributed by atoms with Crippen molar-refractivity contribution in [1.29, 1.82) is 0 Å². The molecule has 4 rings (SSSR count). The van der Waals surface area contributed by atoms with Crippen molar-refractivity contribution in [2.24, 2.45) is 0 Å². The highest BCUT2D eigenvalue weighted by Crippen LogP contribution is 2.42. The highest BCUT2D eigenvalue weighted by molar-refractivity contribution is 9.11. The van der Waals surface area contributed by atoms with Gasteiger partial charge in [-0.1, -0.05) is 24.3 Å². The Balaban J connectivity index is 1.85. The summed E-state index contributed by atoms with van der Waals surface area (Å²) in [7, 11) is 1.63. The Labute approximate surface area is 162 Å². The molecular weight excluding hydrogens is 448 g/mol. The predicted molar refractivity (Wildman–Crippen MR) is 104 cm³/mol. The Morgan fingerprint density at radius 3 is 2.56 bits per heavy atom. The van der Waals surface area contributed by atoms with Crippen molar-refractivity contribution in [2.45, 2.75) is 18.9 Å². The molecule has 0 radical (unpaired) electrons. The first kappa shape index (κ1) is 16.7. The van der Waals surface area contributed by atoms with E-state index in [9.17, 15) is 4.79 Å². The van der Waals surface area contributed by atoms with E-state index in [4.69, 9.17) is 4.74 Å². The number of amides is 2. The van der Waals surface area contributed by atoms with Gasteiger partial charge >= 0.3 is 6.03 Å². The maximum absolute atomic E-state index is 12.3. The number of carbonyl (C=O) groups is 1. The van der Waals surface area contributed by atoms with Crippen LogP contribution in [0.4, 0.5) is 4.79 Å². The lowest BCUT2D eigenvalue weighted by Gasteiger charge is -2.34. The van der Waals surface area contributed by atoms with Crippen LogP contribution in [0.5, 0.6) is 5.75 Å². The van der Waals surface area contributed by atoms with E-state index in [-0.39, 0.29) is 12.1 Å². The van der Waals surface area contributed by atoms with Crippen molar-refractivity contribution >= 4 is 43.6 Å². The average Bonchev–Trinajstić information content (AvgIpc) is 2.60. The molecule has 1 aliphatic carbocycles. The van der Waals surface area contributed by atoms with Crippen LogP contribution in [-0.2, 0) is 6.42 Å². The van der Waals surface area contributed by atoms with Crippen LogP contribution in [0.1, 0.15) is 29.2 Å². The number of hydrogen-bond donors (Lipinski definition) is 2. The van der Waals surface area contributed by atoms with E-state index in [1.807, 2.05) is 24.3 Å². The number of rotatable bonds is 2. The third-order valence-electron chi connectivity index (χ3n) is 4.69. The van der Waals surface area contributed by atoms with E-state index in [1.54, 1.807) is 7.11 Å². The van der Waals surface area contributed by atoms with Crippen LogP contribution in [0.3, 0.4) is 0 Å². The second-order valence-electron chi connectivity index (χ2n) is 6.11. The number of ether oxygens (including phenoxy) is 1. The van der Waals surface area contributed by atoms with E-state index >= 15 is 0 Å². The van der Waals surface area contributed by atoms with Gasteiger partial charge in [-0.05, 0) is 73.5 Å². The molecule has 1 aliphatic heterocycles. The molecule has 2 aromatic rings. The first-order chi connectivity index (χ1) is 12.1. The molecule has 2 amide bonds. The first-order valence-electron chi connectivity index (χ1n) is 8.00. The normalized spacial score (nSPS) is 18.8. The van der Waals surface area contributed by atoms with Crippen LogP contribution < -0.4 is 15.4 Å². The van der Waals surface area contributed by atoms with Crippen LogP contribution in [0, 0.1) is 0 Å². The van der Waals surface area contributed by atoms with Gasteiger partial charge in [0.15, 0.2) is 0 Å². The minimum Gasteiger partial charge on any atom is -0.494 e. The second kappa shape index (κ2) is 6.50. The number of carbonyl (C=O) groups excluding carboxylic acids is 1. The van der Waals surface area contributed by atoms with Crippen LogP contribution in [0.2, 0.25) is 0 Å². The van der Waals surface area contributed by atoms with Gasteiger partial charge in [-0.3, -0.25) is 0 Å². The summed E-state index contributed by atoms with van der Waals surface area (Å²) in [6.45, 7) is 0. The van der Waals surface area contributed by atoms with Crippen molar-refractivity contribution in [2.75, 3.05) is 7.11 Å². The van der Waals surface area contributed by atoms with Gasteiger partial charge in [-0.2, -0.15) is 0 Å². The molecule has 25 heavy (non-hydrogen) atoms. The van der Waals surface area contributed by atoms with Gasteiger partial charge in [0.1, 0.15) is 5.75 Å². The molecule has 0 bridgehead atoms. The summed E-state index contributed by atoms with van der Waals surface area (Å²) < 4.78 is 7.09. The molecular formula is C19H16Br2N2O2. The van der Waals surface area contributed by atoms with Gasteiger partial charge in [0.25, 0.3) is 0 Å². The summed E-state index contributed by atoms with van der Waals surface area (Å²) in [5.74, 6) is 0.743. The highest BCUT2D eigenvalue weighted by Gasteiger charge is 2.32. The van der Waals surface area contributed by atoms with E-state index < -0.39 is 0 Å². The fourth-order valence-electron chi connectivity index (χ4n) is 3.58. The van der Waals surface area contributed by atoms with Crippen molar-refractivity contribution in [3.05, 3.63) is 67.6 Å². The predicted octanol–water partition coefficient (Wildman–Crippen LogP) is 4.93. The molecule has 0 fully saturated rings. The minimum absolute atomic E-state index is 0.157. The number of aryl methyl sites for hydroxylation is 1. The number of methoxy groups -OCH3 is 1. The average molecular weight is 464 g/mol. The lowest BCUT2D eigenvalue weighted by atomic mass is 9.83. The molecule has 0 saturated heterocycles. The summed E-state index contributed by atoms with van der Waals surface area (Å²) in [4.78, 5) is 12.3. The minimum atomic E-state index is -0.177.